The maximum absolute atomic E-state index is 16.4. The fraction of sp³-hybridized carbons (Fsp3) is 0.430. The highest BCUT2D eigenvalue weighted by Crippen LogP contribution is 2.51. The second-order valence-electron chi connectivity index (χ2n) is 32.0. The molecular formula is C86H98Cl2N10O26. The van der Waals surface area contributed by atoms with Gasteiger partial charge in [0.05, 0.1) is 40.7 Å². The van der Waals surface area contributed by atoms with Gasteiger partial charge in [0, 0.05) is 97.0 Å². The monoisotopic (exact) mass is 1760 g/mol. The van der Waals surface area contributed by atoms with E-state index in [0.717, 1.165) is 85.7 Å². The number of nitrogens with one attached hydrogen (secondary N) is 7. The second kappa shape index (κ2) is 39.2. The number of carboxylic acids is 1. The van der Waals surface area contributed by atoms with Gasteiger partial charge < -0.3 is 122 Å². The third-order valence-electron chi connectivity index (χ3n) is 22.6. The number of unbranched alkanes of at least 4 members (excludes halogenated alkanes) is 1. The van der Waals surface area contributed by atoms with Crippen LogP contribution in [0.15, 0.2) is 120 Å². The number of phenolic OH excluding ortho intramolecular Hbond substituents is 3. The van der Waals surface area contributed by atoms with Gasteiger partial charge in [-0.15, -0.1) is 0 Å². The Kier molecular flexibility index (Phi) is 29.0. The van der Waals surface area contributed by atoms with E-state index in [2.05, 4.69) is 49.1 Å². The summed E-state index contributed by atoms with van der Waals surface area (Å²) in [6, 6.07) is 13.6. The summed E-state index contributed by atoms with van der Waals surface area (Å²) in [5.41, 5.74) is 2.33. The molecule has 11 bridgehead atoms. The van der Waals surface area contributed by atoms with Crippen molar-refractivity contribution in [1.82, 2.24) is 36.1 Å². The minimum atomic E-state index is -2.28. The Morgan fingerprint density at radius 3 is 2.02 bits per heavy atom. The number of Topliss-reactive ketones (excluding diaryl/α,β-unsaturated/α-hetero) is 2. The van der Waals surface area contributed by atoms with E-state index in [1.165, 1.54) is 42.0 Å². The third-order valence-corrected chi connectivity index (χ3v) is 23.2. The van der Waals surface area contributed by atoms with Gasteiger partial charge in [0.15, 0.2) is 41.5 Å². The number of carboxylic acid groups (broad SMARTS) is 1. The van der Waals surface area contributed by atoms with E-state index in [9.17, 15) is 75.0 Å². The summed E-state index contributed by atoms with van der Waals surface area (Å²) >= 11 is 14.4. The van der Waals surface area contributed by atoms with Gasteiger partial charge in [-0.05, 0) is 146 Å². The number of primary amides is 1. The number of anilines is 2. The van der Waals surface area contributed by atoms with Crippen LogP contribution in [-0.4, -0.2) is 200 Å². The highest BCUT2D eigenvalue weighted by Gasteiger charge is 2.52. The van der Waals surface area contributed by atoms with E-state index in [4.69, 9.17) is 57.4 Å². The number of ketones is 2. The number of amides is 6. The highest BCUT2D eigenvalue weighted by atomic mass is 35.5. The van der Waals surface area contributed by atoms with Crippen LogP contribution in [0.3, 0.4) is 0 Å². The first-order valence-corrected chi connectivity index (χ1v) is 41.1. The molecule has 0 saturated carbocycles. The van der Waals surface area contributed by atoms with Crippen LogP contribution in [0.4, 0.5) is 11.5 Å². The molecule has 662 valence electrons. The van der Waals surface area contributed by atoms with E-state index >= 15 is 24.0 Å². The molecule has 36 nitrogen and oxygen atoms in total. The Morgan fingerprint density at radius 1 is 0.734 bits per heavy atom. The molecule has 3 unspecified atom stereocenters. The number of aliphatic hydroxyl groups excluding tert-OH is 6. The quantitative estimate of drug-likeness (QED) is 0.0333. The summed E-state index contributed by atoms with van der Waals surface area (Å²) in [6.45, 7) is 10.4. The number of fused-ring (bicyclic) bond motifs is 15. The molecule has 2 saturated heterocycles. The number of carbonyl (C=O) groups is 9. The molecule has 18 atom stereocenters. The summed E-state index contributed by atoms with van der Waals surface area (Å²) in [5.74, 6) is -20.0. The molecule has 19 N–H and O–H groups in total. The van der Waals surface area contributed by atoms with Crippen molar-refractivity contribution < 1.29 is 123 Å². The van der Waals surface area contributed by atoms with Crippen molar-refractivity contribution in [3.8, 4) is 57.1 Å². The summed E-state index contributed by atoms with van der Waals surface area (Å²) < 4.78 is 40.8. The number of benzene rings is 6. The number of halogens is 2. The fourth-order valence-corrected chi connectivity index (χ4v) is 16.3. The lowest BCUT2D eigenvalue weighted by Gasteiger charge is -2.48. The van der Waals surface area contributed by atoms with E-state index in [-0.39, 0.29) is 65.1 Å². The molecule has 0 aliphatic carbocycles. The van der Waals surface area contributed by atoms with Crippen LogP contribution in [-0.2, 0) is 59.1 Å². The number of aliphatic carboxylic acids is 1. The van der Waals surface area contributed by atoms with Crippen LogP contribution < -0.4 is 62.9 Å². The van der Waals surface area contributed by atoms with Crippen molar-refractivity contribution in [3.05, 3.63) is 169 Å². The van der Waals surface area contributed by atoms with Crippen LogP contribution in [0.2, 0.25) is 10.0 Å². The smallest absolute Gasteiger partial charge is 0.349 e. The Labute approximate surface area is 719 Å². The molecule has 38 heteroatoms. The third kappa shape index (κ3) is 20.7. The zero-order chi connectivity index (χ0) is 89.6. The SMILES string of the molecule is CCCCNc1ccc(C(=O)Nc2ccn(CCN[C@@]3(C)C[C@H](O[C@H]4C(Oc5c6cc7cc5Oc5ccc(cc5Cl)[C@@H](O)[C@@H](NC(=O)[C@H](CC)CC(C)C)C(=O)C[C@@H](CC(N)=O)C(=O)NC7C(=O)CC5C(=O)N[C@H](C(=O)N[C@@H](C(=O)O)c7cc(O)cc(O)c7-c7cc5ccc7O)[C@H](O)c5ccc(c(Cl)c5)O6)O[C@H](CO)[C@@H](O)[C@@H]4O)O[C@@H](C)[C@H]3O)c(=O)n2)cc1. The highest BCUT2D eigenvalue weighted by molar-refractivity contribution is 6.32. The molecule has 14 rings (SSSR count). The van der Waals surface area contributed by atoms with Gasteiger partial charge in [-0.2, -0.15) is 4.98 Å². The molecule has 6 amide bonds. The van der Waals surface area contributed by atoms with E-state index < -0.39 is 261 Å². The van der Waals surface area contributed by atoms with Crippen LogP contribution in [0.1, 0.15) is 161 Å². The van der Waals surface area contributed by atoms with Crippen LogP contribution >= 0.6 is 23.2 Å². The number of carbonyl (C=O) groups excluding carboxylic acids is 8. The number of ether oxygens (including phenoxy) is 6. The molecule has 124 heavy (non-hydrogen) atoms. The number of hydrogen-bond donors (Lipinski definition) is 18. The van der Waals surface area contributed by atoms with Gasteiger partial charge in [0.2, 0.25) is 41.6 Å². The van der Waals surface area contributed by atoms with E-state index in [0.29, 0.717) is 12.0 Å². The van der Waals surface area contributed by atoms with Crippen molar-refractivity contribution in [1.29, 1.82) is 0 Å². The molecule has 2 fully saturated rings. The second-order valence-corrected chi connectivity index (χ2v) is 32.8. The first-order chi connectivity index (χ1) is 58.9. The first kappa shape index (κ1) is 91.8. The maximum atomic E-state index is 16.4. The zero-order valence-corrected chi connectivity index (χ0v) is 69.6. The van der Waals surface area contributed by atoms with Gasteiger partial charge in [-0.25, -0.2) is 9.59 Å². The number of aliphatic hydroxyl groups is 6. The lowest BCUT2D eigenvalue weighted by Crippen LogP contribution is -2.65. The Hall–Kier alpha value is -11.4. The van der Waals surface area contributed by atoms with Gasteiger partial charge in [-0.1, -0.05) is 75.5 Å². The first-order valence-electron chi connectivity index (χ1n) is 40.4. The summed E-state index contributed by atoms with van der Waals surface area (Å²) in [4.78, 5) is 150. The van der Waals surface area contributed by atoms with Crippen molar-refractivity contribution in [3.63, 3.8) is 0 Å². The predicted molar refractivity (Wildman–Crippen MR) is 443 cm³/mol. The van der Waals surface area contributed by atoms with Gasteiger partial charge in [0.25, 0.3) is 5.91 Å². The molecule has 8 heterocycles. The van der Waals surface area contributed by atoms with Crippen molar-refractivity contribution in [2.24, 2.45) is 23.5 Å². The average Bonchev–Trinajstić information content (AvgIpc) is 0.763. The van der Waals surface area contributed by atoms with Crippen molar-refractivity contribution >= 4 is 87.7 Å². The standard InChI is InChI=1S/C86H98Cl2N10O26/c1-7-9-21-90-47-15-10-41(11-16-47)79(112)92-64-20-23-98(85(118)93-64)24-22-91-86(6)36-65(119-39(5)77(86)110)123-76-74(109)73(108)62(37-99)122-84(76)124-75-60-30-45-31-61(75)121-59-19-14-44(28-53(59)88)72(107)70-82(115)95-68(83(116)117)51-33-48(100)34-55(102)66(51)50-26-42(12-17-54(50)101)49(81(114)97-70)35-57(104)67(45)94-80(113)46(32-63(89)105)29-56(103)69(96-78(111)40(8-2)25-38(3)4)71(106)43-13-18-58(120-60)52(87)27-43/h10-20,23,26-28,30-31,33-34,38-40,46,49,62,65,67-74,76-77,84,90-91,99-102,106-110H,7-9,21-22,24-25,29,32,35-37H2,1-6H3,(H2,89,105)(H,94,113)(H,95,115)(H,96,111)(H,97,114)(H,116,117)(H,92,93,112,118)/t39-,40+,46-,49?,62+,65-,67?,68+,69-,70-,71+,72+,73+,74-,76+,77+,84?,86-/m0/s1. The lowest BCUT2D eigenvalue weighted by atomic mass is 9.84. The Bertz CT molecular complexity index is 5270. The average molecular weight is 1760 g/mol. The summed E-state index contributed by atoms with van der Waals surface area (Å²) in [5, 5.41) is 135. The van der Waals surface area contributed by atoms with Gasteiger partial charge in [0.1, 0.15) is 83.2 Å². The number of phenols is 3. The van der Waals surface area contributed by atoms with E-state index in [1.54, 1.807) is 38.1 Å². The predicted octanol–water partition coefficient (Wildman–Crippen LogP) is 5.87. The molecule has 7 aliphatic heterocycles. The minimum absolute atomic E-state index is 0.0177. The Balaban J connectivity index is 0.980. The molecule has 0 radical (unpaired) electrons. The van der Waals surface area contributed by atoms with Gasteiger partial charge >= 0.3 is 11.7 Å². The van der Waals surface area contributed by atoms with Crippen LogP contribution in [0.25, 0.3) is 11.1 Å². The largest absolute Gasteiger partial charge is 0.508 e. The molecular weight excluding hydrogens is 1660 g/mol. The zero-order valence-electron chi connectivity index (χ0n) is 68.1. The molecule has 0 spiro atoms. The molecule has 1 aromatic heterocycles. The summed E-state index contributed by atoms with van der Waals surface area (Å²) in [7, 11) is 0. The fourth-order valence-electron chi connectivity index (χ4n) is 15.8. The van der Waals surface area contributed by atoms with Crippen LogP contribution in [0, 0.1) is 17.8 Å². The number of aromatic nitrogens is 2. The molecule has 6 aromatic carbocycles. The van der Waals surface area contributed by atoms with Gasteiger partial charge in [-0.3, -0.25) is 42.9 Å². The number of nitrogens with zero attached hydrogens (tertiary/aromatic N) is 2. The normalized spacial score (nSPS) is 26.2. The Morgan fingerprint density at radius 2 is 1.40 bits per heavy atom. The lowest BCUT2D eigenvalue weighted by molar-refractivity contribution is -0.334. The minimum Gasteiger partial charge on any atom is -0.508 e. The number of hydrogen-bond acceptors (Lipinski definition) is 28. The topological polar surface area (TPSA) is 556 Å². The van der Waals surface area contributed by atoms with E-state index in [1.807, 2.05) is 13.8 Å². The summed E-state index contributed by atoms with van der Waals surface area (Å²) in [6.07, 6.45) is -17.4. The number of rotatable bonds is 23. The number of aromatic hydroxyl groups is 3. The molecule has 7 aromatic rings. The van der Waals surface area contributed by atoms with Crippen LogP contribution in [0.5, 0.6) is 46.0 Å². The molecule has 7 aliphatic rings. The van der Waals surface area contributed by atoms with Crippen molar-refractivity contribution in [2.45, 2.75) is 196 Å². The number of nitrogens with two attached hydrogens (primary N) is 1. The van der Waals surface area contributed by atoms with Crippen molar-refractivity contribution in [2.75, 3.05) is 30.3 Å². The maximum Gasteiger partial charge on any atom is 0.349 e.